The number of halogens is 3. The molecule has 3 rings (SSSR count). The second kappa shape index (κ2) is 15.0. The van der Waals surface area contributed by atoms with E-state index in [4.69, 9.17) is 16.3 Å². The first kappa shape index (κ1) is 30.7. The van der Waals surface area contributed by atoms with E-state index in [0.29, 0.717) is 36.2 Å². The van der Waals surface area contributed by atoms with Gasteiger partial charge in [-0.1, -0.05) is 32.9 Å². The molecular weight excluding hydrogens is 520 g/mol. The predicted octanol–water partition coefficient (Wildman–Crippen LogP) is 5.97. The van der Waals surface area contributed by atoms with E-state index >= 15 is 0 Å². The molecule has 0 radical (unpaired) electrons. The number of hydrazone groups is 1. The van der Waals surface area contributed by atoms with Gasteiger partial charge in [-0.25, -0.2) is 5.01 Å². The smallest absolute Gasteiger partial charge is 0.387 e. The zero-order valence-corrected chi connectivity index (χ0v) is 22.6. The van der Waals surface area contributed by atoms with Gasteiger partial charge in [-0.2, -0.15) is 13.9 Å². The minimum Gasteiger partial charge on any atom is -0.493 e. The first-order valence-corrected chi connectivity index (χ1v) is 12.6. The fourth-order valence-electron chi connectivity index (χ4n) is 3.57. The summed E-state index contributed by atoms with van der Waals surface area (Å²) in [5.41, 5.74) is 2.90. The Kier molecular flexibility index (Phi) is 12.1. The maximum Gasteiger partial charge on any atom is 0.387 e. The van der Waals surface area contributed by atoms with E-state index in [2.05, 4.69) is 15.2 Å². The highest BCUT2D eigenvalue weighted by Gasteiger charge is 2.30. The standard InChI is InChI=1S/C24H27F2N3O4.C3H5ClO/c1-4-16-13-22(31)29(14-15-6-9-18(10-7-15)27-21(30)5-2)28-23(16)17-8-11-19(33-24(25)26)20(12-17)32-3;1-2-3(4)5/h6-12,16,24H,4-5,13-14H2,1-3H3,(H,27,30);2H2,1H3. The van der Waals surface area contributed by atoms with Gasteiger partial charge in [-0.05, 0) is 53.9 Å². The number of methoxy groups -OCH3 is 1. The molecule has 1 heterocycles. The number of benzene rings is 2. The van der Waals surface area contributed by atoms with E-state index in [1.54, 1.807) is 38.1 Å². The van der Waals surface area contributed by atoms with Crippen molar-refractivity contribution in [3.63, 3.8) is 0 Å². The number of nitrogens with one attached hydrogen (secondary N) is 1. The second-order valence-electron chi connectivity index (χ2n) is 8.30. The summed E-state index contributed by atoms with van der Waals surface area (Å²) in [7, 11) is 1.37. The summed E-state index contributed by atoms with van der Waals surface area (Å²) in [6.07, 6.45) is 1.81. The van der Waals surface area contributed by atoms with Crippen LogP contribution in [0.2, 0.25) is 0 Å². The van der Waals surface area contributed by atoms with Crippen molar-refractivity contribution in [2.45, 2.75) is 59.6 Å². The second-order valence-corrected chi connectivity index (χ2v) is 8.72. The third-order valence-corrected chi connectivity index (χ3v) is 5.93. The van der Waals surface area contributed by atoms with Gasteiger partial charge in [0.25, 0.3) is 0 Å². The highest BCUT2D eigenvalue weighted by Crippen LogP contribution is 2.33. The fourth-order valence-corrected chi connectivity index (χ4v) is 3.57. The third kappa shape index (κ3) is 9.09. The van der Waals surface area contributed by atoms with Crippen molar-refractivity contribution in [3.05, 3.63) is 53.6 Å². The van der Waals surface area contributed by atoms with Crippen molar-refractivity contribution in [1.82, 2.24) is 5.01 Å². The van der Waals surface area contributed by atoms with Crippen LogP contribution >= 0.6 is 11.6 Å². The summed E-state index contributed by atoms with van der Waals surface area (Å²) < 4.78 is 35.0. The Morgan fingerprint density at radius 3 is 2.29 bits per heavy atom. The van der Waals surface area contributed by atoms with Crippen LogP contribution in [-0.4, -0.2) is 41.5 Å². The van der Waals surface area contributed by atoms with Crippen LogP contribution in [0, 0.1) is 5.92 Å². The van der Waals surface area contributed by atoms with Crippen molar-refractivity contribution in [1.29, 1.82) is 0 Å². The first-order valence-electron chi connectivity index (χ1n) is 12.2. The quantitative estimate of drug-likeness (QED) is 0.367. The number of rotatable bonds is 10. The Balaban J connectivity index is 0.000000926. The zero-order valence-electron chi connectivity index (χ0n) is 21.8. The van der Waals surface area contributed by atoms with Crippen LogP contribution in [0.4, 0.5) is 14.5 Å². The molecule has 2 aromatic rings. The van der Waals surface area contributed by atoms with Crippen LogP contribution in [0.25, 0.3) is 0 Å². The van der Waals surface area contributed by atoms with Gasteiger partial charge in [0.2, 0.25) is 17.1 Å². The van der Waals surface area contributed by atoms with Crippen LogP contribution in [0.1, 0.15) is 57.6 Å². The lowest BCUT2D eigenvalue weighted by Crippen LogP contribution is -2.36. The Hall–Kier alpha value is -3.53. The number of anilines is 1. The molecule has 0 bridgehead atoms. The summed E-state index contributed by atoms with van der Waals surface area (Å²) in [6, 6.07) is 11.9. The lowest BCUT2D eigenvalue weighted by atomic mass is 9.89. The number of alkyl halides is 2. The molecule has 0 saturated carbocycles. The first-order chi connectivity index (χ1) is 18.1. The van der Waals surface area contributed by atoms with E-state index < -0.39 is 6.61 Å². The normalized spacial score (nSPS) is 14.8. The van der Waals surface area contributed by atoms with E-state index in [9.17, 15) is 23.2 Å². The van der Waals surface area contributed by atoms with Crippen molar-refractivity contribution in [2.24, 2.45) is 11.0 Å². The van der Waals surface area contributed by atoms with Crippen LogP contribution in [0.3, 0.4) is 0 Å². The molecular formula is C27H32ClF2N3O5. The van der Waals surface area contributed by atoms with Gasteiger partial charge in [0, 0.05) is 36.4 Å². The van der Waals surface area contributed by atoms with Crippen LogP contribution in [-0.2, 0) is 20.9 Å². The molecule has 1 aliphatic rings. The maximum atomic E-state index is 12.7. The molecule has 206 valence electrons. The fraction of sp³-hybridized carbons (Fsp3) is 0.407. The molecule has 0 aliphatic carbocycles. The number of carbonyl (C=O) groups is 3. The summed E-state index contributed by atoms with van der Waals surface area (Å²) >= 11 is 4.82. The van der Waals surface area contributed by atoms with E-state index in [-0.39, 0.29) is 47.4 Å². The number of carbonyl (C=O) groups excluding carboxylic acids is 3. The molecule has 0 saturated heterocycles. The molecule has 0 spiro atoms. The average molecular weight is 552 g/mol. The largest absolute Gasteiger partial charge is 0.493 e. The topological polar surface area (TPSA) is 97.3 Å². The molecule has 2 amide bonds. The monoisotopic (exact) mass is 551 g/mol. The van der Waals surface area contributed by atoms with Gasteiger partial charge >= 0.3 is 6.61 Å². The molecule has 11 heteroatoms. The van der Waals surface area contributed by atoms with Crippen molar-refractivity contribution >= 4 is 40.1 Å². The van der Waals surface area contributed by atoms with E-state index in [1.165, 1.54) is 18.2 Å². The van der Waals surface area contributed by atoms with E-state index in [1.807, 2.05) is 19.1 Å². The molecule has 0 fully saturated rings. The van der Waals surface area contributed by atoms with Gasteiger partial charge < -0.3 is 14.8 Å². The van der Waals surface area contributed by atoms with Crippen molar-refractivity contribution in [2.75, 3.05) is 12.4 Å². The number of amides is 2. The summed E-state index contributed by atoms with van der Waals surface area (Å²) in [6.45, 7) is 2.77. The minimum absolute atomic E-state index is 0.0658. The molecule has 1 atom stereocenters. The molecule has 2 aromatic carbocycles. The number of hydrogen-bond donors (Lipinski definition) is 1. The van der Waals surface area contributed by atoms with Crippen molar-refractivity contribution < 1.29 is 32.6 Å². The summed E-state index contributed by atoms with van der Waals surface area (Å²) in [5, 5.41) is 8.54. The number of nitrogens with zero attached hydrogens (tertiary/aromatic N) is 2. The van der Waals surface area contributed by atoms with Crippen LogP contribution in [0.15, 0.2) is 47.6 Å². The van der Waals surface area contributed by atoms with Gasteiger partial charge in [0.1, 0.15) is 0 Å². The van der Waals surface area contributed by atoms with Crippen molar-refractivity contribution in [3.8, 4) is 11.5 Å². The average Bonchev–Trinajstić information content (AvgIpc) is 2.90. The Morgan fingerprint density at radius 2 is 1.76 bits per heavy atom. The minimum atomic E-state index is -2.96. The highest BCUT2D eigenvalue weighted by molar-refractivity contribution is 6.63. The van der Waals surface area contributed by atoms with Gasteiger partial charge in [-0.3, -0.25) is 14.4 Å². The summed E-state index contributed by atoms with van der Waals surface area (Å²) in [4.78, 5) is 33.8. The number of hydrogen-bond acceptors (Lipinski definition) is 6. The molecule has 0 aromatic heterocycles. The molecule has 1 N–H and O–H groups in total. The lowest BCUT2D eigenvalue weighted by molar-refractivity contribution is -0.133. The third-order valence-electron chi connectivity index (χ3n) is 5.66. The molecule has 1 aliphatic heterocycles. The van der Waals surface area contributed by atoms with Gasteiger partial charge in [-0.15, -0.1) is 0 Å². The molecule has 1 unspecified atom stereocenters. The Bertz CT molecular complexity index is 1140. The van der Waals surface area contributed by atoms with Gasteiger partial charge in [0.15, 0.2) is 11.5 Å². The summed E-state index contributed by atoms with van der Waals surface area (Å²) in [5.74, 6) is -0.179. The van der Waals surface area contributed by atoms with Crippen LogP contribution < -0.4 is 14.8 Å². The zero-order chi connectivity index (χ0) is 28.2. The van der Waals surface area contributed by atoms with E-state index in [0.717, 1.165) is 5.56 Å². The Labute approximate surface area is 225 Å². The Morgan fingerprint density at radius 1 is 1.11 bits per heavy atom. The highest BCUT2D eigenvalue weighted by atomic mass is 35.5. The van der Waals surface area contributed by atoms with Gasteiger partial charge in [0.05, 0.1) is 19.4 Å². The SMILES string of the molecule is CCC(=O)Cl.CCC(=O)Nc1ccc(CN2N=C(c3ccc(OC(F)F)c(OC)c3)C(CC)CC2=O)cc1. The number of ether oxygens (including phenoxy) is 2. The maximum absolute atomic E-state index is 12.7. The molecule has 38 heavy (non-hydrogen) atoms. The lowest BCUT2D eigenvalue weighted by Gasteiger charge is -2.29. The van der Waals surface area contributed by atoms with Crippen LogP contribution in [0.5, 0.6) is 11.5 Å². The predicted molar refractivity (Wildman–Crippen MR) is 142 cm³/mol. The molecule has 8 nitrogen and oxygen atoms in total.